The summed E-state index contributed by atoms with van der Waals surface area (Å²) < 4.78 is 54.3. The summed E-state index contributed by atoms with van der Waals surface area (Å²) in [5.74, 6) is -1.86. The third-order valence-corrected chi connectivity index (χ3v) is 7.50. The van der Waals surface area contributed by atoms with Gasteiger partial charge in [0.15, 0.2) is 19.7 Å². The second-order valence-electron chi connectivity index (χ2n) is 6.14. The van der Waals surface area contributed by atoms with E-state index in [4.69, 9.17) is 16.0 Å². The summed E-state index contributed by atoms with van der Waals surface area (Å²) in [5.41, 5.74) is 0. The molecule has 3 rings (SSSR count). The van der Waals surface area contributed by atoms with Gasteiger partial charge in [-0.3, -0.25) is 10.1 Å². The lowest BCUT2D eigenvalue weighted by Gasteiger charge is -2.04. The lowest BCUT2D eigenvalue weighted by molar-refractivity contribution is -0.116. The molecule has 1 heterocycles. The number of benzene rings is 2. The molecule has 0 aliphatic carbocycles. The summed E-state index contributed by atoms with van der Waals surface area (Å²) in [7, 11) is -7.37. The second-order valence-corrected chi connectivity index (χ2v) is 10.7. The highest BCUT2D eigenvalue weighted by Gasteiger charge is 2.21. The van der Waals surface area contributed by atoms with Gasteiger partial charge < -0.3 is 4.42 Å². The summed E-state index contributed by atoms with van der Waals surface area (Å²) in [6.45, 7) is 0. The standard InChI is InChI=1S/C18H16ClN3O6S2/c19-13-6-8-15(9-7-13)29(24,25)11-10-16(23)20-18-22-21-17(28-18)12-30(26,27)14-4-2-1-3-5-14/h1-9H,10-12H2,(H,20,22,23). The minimum Gasteiger partial charge on any atom is -0.407 e. The van der Waals surface area contributed by atoms with E-state index in [2.05, 4.69) is 15.5 Å². The van der Waals surface area contributed by atoms with Crippen molar-refractivity contribution in [3.8, 4) is 0 Å². The van der Waals surface area contributed by atoms with E-state index in [0.717, 1.165) is 0 Å². The highest BCUT2D eigenvalue weighted by molar-refractivity contribution is 7.91. The summed E-state index contributed by atoms with van der Waals surface area (Å²) >= 11 is 5.74. The maximum Gasteiger partial charge on any atom is 0.322 e. The number of anilines is 1. The average molecular weight is 470 g/mol. The molecule has 0 aliphatic rings. The van der Waals surface area contributed by atoms with Crippen LogP contribution in [0.4, 0.5) is 6.01 Å². The van der Waals surface area contributed by atoms with Gasteiger partial charge in [-0.25, -0.2) is 16.8 Å². The number of rotatable bonds is 8. The van der Waals surface area contributed by atoms with E-state index in [1.54, 1.807) is 18.2 Å². The molecular weight excluding hydrogens is 454 g/mol. The highest BCUT2D eigenvalue weighted by atomic mass is 35.5. The molecule has 0 fully saturated rings. The Labute approximate surface area is 177 Å². The topological polar surface area (TPSA) is 136 Å². The Morgan fingerprint density at radius 2 is 1.53 bits per heavy atom. The van der Waals surface area contributed by atoms with E-state index in [1.807, 2.05) is 0 Å². The lowest BCUT2D eigenvalue weighted by Crippen LogP contribution is -2.17. The summed E-state index contributed by atoms with van der Waals surface area (Å²) in [6.07, 6.45) is -0.356. The van der Waals surface area contributed by atoms with Gasteiger partial charge in [-0.15, -0.1) is 5.10 Å². The number of aromatic nitrogens is 2. The quantitative estimate of drug-likeness (QED) is 0.531. The highest BCUT2D eigenvalue weighted by Crippen LogP contribution is 2.18. The largest absolute Gasteiger partial charge is 0.407 e. The minimum atomic E-state index is -3.69. The number of halogens is 1. The summed E-state index contributed by atoms with van der Waals surface area (Å²) in [5, 5.41) is 9.83. The van der Waals surface area contributed by atoms with Crippen molar-refractivity contribution >= 4 is 43.2 Å². The van der Waals surface area contributed by atoms with Crippen LogP contribution in [0.3, 0.4) is 0 Å². The Morgan fingerprint density at radius 1 is 0.900 bits per heavy atom. The molecule has 0 aliphatic heterocycles. The van der Waals surface area contributed by atoms with Crippen molar-refractivity contribution in [2.45, 2.75) is 22.0 Å². The van der Waals surface area contributed by atoms with E-state index < -0.39 is 37.1 Å². The fourth-order valence-electron chi connectivity index (χ4n) is 2.40. The van der Waals surface area contributed by atoms with Crippen LogP contribution in [-0.4, -0.2) is 38.7 Å². The molecule has 1 N–H and O–H groups in total. The average Bonchev–Trinajstić information content (AvgIpc) is 3.13. The number of carbonyl (C=O) groups is 1. The summed E-state index contributed by atoms with van der Waals surface area (Å²) in [4.78, 5) is 12.2. The Balaban J connectivity index is 1.58. The molecule has 3 aromatic rings. The fourth-order valence-corrected chi connectivity index (χ4v) is 4.95. The number of amides is 1. The molecule has 0 bridgehead atoms. The molecule has 0 atom stereocenters. The van der Waals surface area contributed by atoms with Crippen LogP contribution in [0, 0.1) is 0 Å². The number of hydrogen-bond donors (Lipinski definition) is 1. The molecule has 158 valence electrons. The minimum absolute atomic E-state index is 0.0471. The molecule has 2 aromatic carbocycles. The Kier molecular flexibility index (Phi) is 6.54. The Hall–Kier alpha value is -2.76. The molecule has 30 heavy (non-hydrogen) atoms. The monoisotopic (exact) mass is 469 g/mol. The van der Waals surface area contributed by atoms with Gasteiger partial charge in [-0.05, 0) is 36.4 Å². The second kappa shape index (κ2) is 8.94. The molecule has 0 radical (unpaired) electrons. The molecule has 0 unspecified atom stereocenters. The van der Waals surface area contributed by atoms with Crippen LogP contribution < -0.4 is 5.32 Å². The van der Waals surface area contributed by atoms with Crippen molar-refractivity contribution in [2.75, 3.05) is 11.1 Å². The van der Waals surface area contributed by atoms with Crippen molar-refractivity contribution in [1.82, 2.24) is 10.2 Å². The number of sulfone groups is 2. The molecular formula is C18H16ClN3O6S2. The normalized spacial score (nSPS) is 11.9. The molecule has 12 heteroatoms. The van der Waals surface area contributed by atoms with Gasteiger partial charge in [0, 0.05) is 11.4 Å². The van der Waals surface area contributed by atoms with Crippen molar-refractivity contribution in [3.05, 3.63) is 65.5 Å². The number of hydrogen-bond acceptors (Lipinski definition) is 8. The zero-order valence-electron chi connectivity index (χ0n) is 15.4. The van der Waals surface area contributed by atoms with Crippen molar-refractivity contribution in [2.24, 2.45) is 0 Å². The molecule has 0 spiro atoms. The van der Waals surface area contributed by atoms with Gasteiger partial charge in [0.05, 0.1) is 15.5 Å². The predicted molar refractivity (Wildman–Crippen MR) is 108 cm³/mol. The molecule has 1 aromatic heterocycles. The van der Waals surface area contributed by atoms with E-state index in [0.29, 0.717) is 5.02 Å². The number of carbonyl (C=O) groups excluding carboxylic acids is 1. The van der Waals surface area contributed by atoms with E-state index in [1.165, 1.54) is 36.4 Å². The first-order chi connectivity index (χ1) is 14.2. The van der Waals surface area contributed by atoms with Gasteiger partial charge in [0.1, 0.15) is 5.75 Å². The first-order valence-corrected chi connectivity index (χ1v) is 12.2. The van der Waals surface area contributed by atoms with E-state index in [9.17, 15) is 21.6 Å². The zero-order valence-corrected chi connectivity index (χ0v) is 17.7. The predicted octanol–water partition coefficient (Wildman–Crippen LogP) is 2.50. The molecule has 0 saturated heterocycles. The maximum absolute atomic E-state index is 12.3. The van der Waals surface area contributed by atoms with Gasteiger partial charge in [0.2, 0.25) is 11.8 Å². The van der Waals surface area contributed by atoms with Crippen molar-refractivity contribution < 1.29 is 26.0 Å². The first kappa shape index (κ1) is 21.9. The van der Waals surface area contributed by atoms with Crippen LogP contribution in [0.5, 0.6) is 0 Å². The van der Waals surface area contributed by atoms with Crippen molar-refractivity contribution in [3.63, 3.8) is 0 Å². The Morgan fingerprint density at radius 3 is 2.20 bits per heavy atom. The molecule has 9 nitrogen and oxygen atoms in total. The fraction of sp³-hybridized carbons (Fsp3) is 0.167. The van der Waals surface area contributed by atoms with E-state index >= 15 is 0 Å². The van der Waals surface area contributed by atoms with Crippen LogP contribution in [0.2, 0.25) is 5.02 Å². The van der Waals surface area contributed by atoms with E-state index in [-0.39, 0.29) is 28.1 Å². The Bertz CT molecular complexity index is 1240. The van der Waals surface area contributed by atoms with Gasteiger partial charge in [-0.2, -0.15) is 0 Å². The van der Waals surface area contributed by atoms with Crippen LogP contribution in [-0.2, 0) is 30.2 Å². The third kappa shape index (κ3) is 5.65. The SMILES string of the molecule is O=C(CCS(=O)(=O)c1ccc(Cl)cc1)Nc1nnc(CS(=O)(=O)c2ccccc2)o1. The van der Waals surface area contributed by atoms with Crippen LogP contribution in [0.25, 0.3) is 0 Å². The van der Waals surface area contributed by atoms with Gasteiger partial charge in [0.25, 0.3) is 0 Å². The van der Waals surface area contributed by atoms with Gasteiger partial charge >= 0.3 is 6.01 Å². The van der Waals surface area contributed by atoms with Crippen molar-refractivity contribution in [1.29, 1.82) is 0 Å². The van der Waals surface area contributed by atoms with Gasteiger partial charge in [-0.1, -0.05) is 34.9 Å². The summed E-state index contributed by atoms with van der Waals surface area (Å²) in [6, 6.07) is 13.0. The molecule has 0 saturated carbocycles. The third-order valence-electron chi connectivity index (χ3n) is 3.90. The molecule has 1 amide bonds. The van der Waals surface area contributed by atoms with Crippen LogP contribution in [0.15, 0.2) is 68.8 Å². The lowest BCUT2D eigenvalue weighted by atomic mass is 10.4. The van der Waals surface area contributed by atoms with Crippen LogP contribution in [0.1, 0.15) is 12.3 Å². The maximum atomic E-state index is 12.3. The number of nitrogens with one attached hydrogen (secondary N) is 1. The van der Waals surface area contributed by atoms with Crippen LogP contribution >= 0.6 is 11.6 Å². The zero-order chi connectivity index (χ0) is 21.8. The number of nitrogens with zero attached hydrogens (tertiary/aromatic N) is 2. The first-order valence-electron chi connectivity index (χ1n) is 8.54. The smallest absolute Gasteiger partial charge is 0.322 e.